The summed E-state index contributed by atoms with van der Waals surface area (Å²) in [5, 5.41) is 2.67. The van der Waals surface area contributed by atoms with Gasteiger partial charge in [-0.1, -0.05) is 56.3 Å². The molecule has 0 heterocycles. The van der Waals surface area contributed by atoms with Crippen LogP contribution in [-0.2, 0) is 22.6 Å². The minimum Gasteiger partial charge on any atom is -0.497 e. The van der Waals surface area contributed by atoms with Crippen LogP contribution in [0.2, 0.25) is 0 Å². The second-order valence-electron chi connectivity index (χ2n) is 7.39. The molecule has 0 aliphatic rings. The van der Waals surface area contributed by atoms with Crippen molar-refractivity contribution >= 4 is 11.8 Å². The van der Waals surface area contributed by atoms with Gasteiger partial charge in [-0.2, -0.15) is 0 Å². The van der Waals surface area contributed by atoms with Crippen LogP contribution >= 0.6 is 0 Å². The Morgan fingerprint density at radius 2 is 1.69 bits per heavy atom. The quantitative estimate of drug-likeness (QED) is 0.645. The smallest absolute Gasteiger partial charge is 0.242 e. The molecule has 2 rings (SSSR count). The van der Waals surface area contributed by atoms with E-state index >= 15 is 0 Å². The summed E-state index contributed by atoms with van der Waals surface area (Å²) in [7, 11) is 1.63. The van der Waals surface area contributed by atoms with Gasteiger partial charge in [0.25, 0.3) is 0 Å². The predicted molar refractivity (Wildman–Crippen MR) is 114 cm³/mol. The Hall–Kier alpha value is -2.86. The number of carbonyl (C=O) groups is 2. The van der Waals surface area contributed by atoms with Crippen molar-refractivity contribution in [2.45, 2.75) is 32.9 Å². The summed E-state index contributed by atoms with van der Waals surface area (Å²) in [5.74, 6) is 0.380. The van der Waals surface area contributed by atoms with E-state index in [0.29, 0.717) is 19.5 Å². The predicted octanol–water partition coefficient (Wildman–Crippen LogP) is 2.37. The number of hydrogen-bond acceptors (Lipinski definition) is 4. The summed E-state index contributed by atoms with van der Waals surface area (Å²) >= 11 is 0. The molecule has 156 valence electrons. The Balaban J connectivity index is 2.01. The van der Waals surface area contributed by atoms with Crippen molar-refractivity contribution in [2.75, 3.05) is 20.2 Å². The van der Waals surface area contributed by atoms with Crippen LogP contribution in [0.4, 0.5) is 0 Å². The van der Waals surface area contributed by atoms with Gasteiger partial charge in [-0.3, -0.25) is 9.59 Å². The highest BCUT2D eigenvalue weighted by Crippen LogP contribution is 2.13. The monoisotopic (exact) mass is 397 g/mol. The molecular weight excluding hydrogens is 366 g/mol. The third-order valence-electron chi connectivity index (χ3n) is 4.83. The van der Waals surface area contributed by atoms with E-state index in [1.165, 1.54) is 0 Å². The largest absolute Gasteiger partial charge is 0.497 e. The fraction of sp³-hybridized carbons (Fsp3) is 0.391. The van der Waals surface area contributed by atoms with Crippen LogP contribution in [0, 0.1) is 5.92 Å². The van der Waals surface area contributed by atoms with E-state index in [4.69, 9.17) is 10.5 Å². The summed E-state index contributed by atoms with van der Waals surface area (Å²) in [5.41, 5.74) is 8.01. The maximum Gasteiger partial charge on any atom is 0.242 e. The third kappa shape index (κ3) is 7.23. The van der Waals surface area contributed by atoms with Gasteiger partial charge in [0.2, 0.25) is 11.8 Å². The van der Waals surface area contributed by atoms with Gasteiger partial charge in [0.15, 0.2) is 0 Å². The molecule has 3 N–H and O–H groups in total. The maximum absolute atomic E-state index is 12.8. The first kappa shape index (κ1) is 22.4. The average Bonchev–Trinajstić information content (AvgIpc) is 2.75. The number of nitrogens with two attached hydrogens (primary N) is 1. The third-order valence-corrected chi connectivity index (χ3v) is 4.83. The molecule has 6 heteroatoms. The molecule has 0 radical (unpaired) electrons. The minimum atomic E-state index is -0.621. The SMILES string of the molecule is COc1ccc(CCN(Cc2ccccc2)C(=O)CNC(=O)[C@@H](N)C(C)C)cc1. The molecule has 29 heavy (non-hydrogen) atoms. The zero-order valence-electron chi connectivity index (χ0n) is 17.4. The number of benzene rings is 2. The van der Waals surface area contributed by atoms with Gasteiger partial charge in [-0.25, -0.2) is 0 Å². The number of carbonyl (C=O) groups excluding carboxylic acids is 2. The number of nitrogens with one attached hydrogen (secondary N) is 1. The van der Waals surface area contributed by atoms with Crippen molar-refractivity contribution in [1.29, 1.82) is 0 Å². The molecule has 0 aliphatic heterocycles. The van der Waals surface area contributed by atoms with Crippen molar-refractivity contribution in [3.63, 3.8) is 0 Å². The van der Waals surface area contributed by atoms with E-state index in [0.717, 1.165) is 16.9 Å². The normalized spacial score (nSPS) is 11.8. The lowest BCUT2D eigenvalue weighted by molar-refractivity contribution is -0.133. The molecule has 2 aromatic carbocycles. The Bertz CT molecular complexity index is 776. The van der Waals surface area contributed by atoms with Crippen LogP contribution in [0.5, 0.6) is 5.75 Å². The molecule has 0 bridgehead atoms. The van der Waals surface area contributed by atoms with Crippen molar-refractivity contribution < 1.29 is 14.3 Å². The fourth-order valence-corrected chi connectivity index (χ4v) is 2.85. The molecule has 0 saturated heterocycles. The summed E-state index contributed by atoms with van der Waals surface area (Å²) in [6.45, 7) is 4.73. The molecule has 1 atom stereocenters. The standard InChI is InChI=1S/C23H31N3O3/c1-17(2)22(24)23(28)25-15-21(27)26(16-19-7-5-4-6-8-19)14-13-18-9-11-20(29-3)12-10-18/h4-12,17,22H,13-16,24H2,1-3H3,(H,25,28)/t22-/m0/s1. The first-order valence-electron chi connectivity index (χ1n) is 9.88. The second-order valence-corrected chi connectivity index (χ2v) is 7.39. The lowest BCUT2D eigenvalue weighted by Crippen LogP contribution is -2.48. The highest BCUT2D eigenvalue weighted by atomic mass is 16.5. The summed E-state index contributed by atoms with van der Waals surface area (Å²) in [4.78, 5) is 26.7. The van der Waals surface area contributed by atoms with Crippen LogP contribution in [0.3, 0.4) is 0 Å². The van der Waals surface area contributed by atoms with Gasteiger partial charge in [-0.15, -0.1) is 0 Å². The van der Waals surface area contributed by atoms with Crippen molar-refractivity contribution in [3.05, 3.63) is 65.7 Å². The number of rotatable bonds is 10. The second kappa shape index (κ2) is 11.2. The minimum absolute atomic E-state index is 0.0144. The summed E-state index contributed by atoms with van der Waals surface area (Å²) in [6, 6.07) is 17.0. The van der Waals surface area contributed by atoms with Gasteiger partial charge in [-0.05, 0) is 35.6 Å². The maximum atomic E-state index is 12.8. The van der Waals surface area contributed by atoms with E-state index in [1.54, 1.807) is 12.0 Å². The van der Waals surface area contributed by atoms with Crippen LogP contribution in [0.25, 0.3) is 0 Å². The topological polar surface area (TPSA) is 84.7 Å². The van der Waals surface area contributed by atoms with E-state index in [1.807, 2.05) is 68.4 Å². The number of amides is 2. The highest BCUT2D eigenvalue weighted by molar-refractivity contribution is 5.87. The Morgan fingerprint density at radius 3 is 2.28 bits per heavy atom. The Morgan fingerprint density at radius 1 is 1.03 bits per heavy atom. The van der Waals surface area contributed by atoms with E-state index in [9.17, 15) is 9.59 Å². The molecule has 0 saturated carbocycles. The van der Waals surface area contributed by atoms with Gasteiger partial charge in [0.05, 0.1) is 19.7 Å². The first-order chi connectivity index (χ1) is 13.9. The lowest BCUT2D eigenvalue weighted by atomic mass is 10.1. The van der Waals surface area contributed by atoms with E-state index in [2.05, 4.69) is 5.32 Å². The Kier molecular flexibility index (Phi) is 8.68. The van der Waals surface area contributed by atoms with Crippen molar-refractivity contribution in [1.82, 2.24) is 10.2 Å². The van der Waals surface area contributed by atoms with Crippen LogP contribution in [0.15, 0.2) is 54.6 Å². The lowest BCUT2D eigenvalue weighted by Gasteiger charge is -2.24. The van der Waals surface area contributed by atoms with Gasteiger partial charge < -0.3 is 20.7 Å². The molecule has 2 aromatic rings. The van der Waals surface area contributed by atoms with Gasteiger partial charge >= 0.3 is 0 Å². The molecule has 2 amide bonds. The first-order valence-corrected chi connectivity index (χ1v) is 9.88. The molecule has 0 aromatic heterocycles. The fourth-order valence-electron chi connectivity index (χ4n) is 2.85. The number of nitrogens with zero attached hydrogens (tertiary/aromatic N) is 1. The number of methoxy groups -OCH3 is 1. The molecule has 0 aliphatic carbocycles. The Labute approximate surface area is 173 Å². The van der Waals surface area contributed by atoms with E-state index in [-0.39, 0.29) is 24.3 Å². The molecule has 0 unspecified atom stereocenters. The molecule has 0 fully saturated rings. The summed E-state index contributed by atoms with van der Waals surface area (Å²) in [6.07, 6.45) is 0.710. The molecule has 6 nitrogen and oxygen atoms in total. The van der Waals surface area contributed by atoms with Crippen molar-refractivity contribution in [2.24, 2.45) is 11.7 Å². The van der Waals surface area contributed by atoms with Crippen LogP contribution in [-0.4, -0.2) is 43.0 Å². The molecular formula is C23H31N3O3. The highest BCUT2D eigenvalue weighted by Gasteiger charge is 2.20. The average molecular weight is 398 g/mol. The molecule has 0 spiro atoms. The van der Waals surface area contributed by atoms with Gasteiger partial charge in [0, 0.05) is 13.1 Å². The van der Waals surface area contributed by atoms with Crippen LogP contribution in [0.1, 0.15) is 25.0 Å². The van der Waals surface area contributed by atoms with E-state index < -0.39 is 6.04 Å². The van der Waals surface area contributed by atoms with Crippen LogP contribution < -0.4 is 15.8 Å². The summed E-state index contributed by atoms with van der Waals surface area (Å²) < 4.78 is 5.19. The van der Waals surface area contributed by atoms with Gasteiger partial charge in [0.1, 0.15) is 5.75 Å². The zero-order valence-corrected chi connectivity index (χ0v) is 17.4. The number of hydrogen-bond donors (Lipinski definition) is 2. The van der Waals surface area contributed by atoms with Crippen molar-refractivity contribution in [3.8, 4) is 5.75 Å². The zero-order chi connectivity index (χ0) is 21.2. The number of ether oxygens (including phenoxy) is 1.